The molecule has 1 N–H and O–H groups in total. The number of amides is 1. The maximum Gasteiger partial charge on any atom is 0.244 e. The monoisotopic (exact) mass is 321 g/mol. The average Bonchev–Trinajstić information content (AvgIpc) is 3.02. The number of benzene rings is 1. The van der Waals surface area contributed by atoms with Gasteiger partial charge >= 0.3 is 0 Å². The molecule has 0 radical (unpaired) electrons. The van der Waals surface area contributed by atoms with Crippen LogP contribution < -0.4 is 5.32 Å². The lowest BCUT2D eigenvalue weighted by Gasteiger charge is -2.38. The van der Waals surface area contributed by atoms with Crippen LogP contribution in [0.5, 0.6) is 0 Å². The number of carbonyl (C=O) groups is 1. The third-order valence-electron chi connectivity index (χ3n) is 4.58. The second kappa shape index (κ2) is 6.99. The van der Waals surface area contributed by atoms with E-state index in [1.807, 2.05) is 29.2 Å². The van der Waals surface area contributed by atoms with Gasteiger partial charge in [-0.15, -0.1) is 0 Å². The van der Waals surface area contributed by atoms with Gasteiger partial charge in [-0.1, -0.05) is 23.7 Å². The maximum absolute atomic E-state index is 13.1. The molecule has 2 fully saturated rings. The van der Waals surface area contributed by atoms with Gasteiger partial charge in [-0.3, -0.25) is 9.69 Å². The molecule has 5 heteroatoms. The van der Waals surface area contributed by atoms with Crippen molar-refractivity contribution in [3.8, 4) is 0 Å². The summed E-state index contributed by atoms with van der Waals surface area (Å²) >= 11 is 6.17. The van der Waals surface area contributed by atoms with Gasteiger partial charge in [-0.2, -0.15) is 0 Å². The Balaban J connectivity index is 1.88. The molecule has 4 nitrogen and oxygen atoms in total. The van der Waals surface area contributed by atoms with Crippen LogP contribution >= 0.6 is 11.6 Å². The highest BCUT2D eigenvalue weighted by Gasteiger charge is 2.34. The second-order valence-corrected chi connectivity index (χ2v) is 6.78. The van der Waals surface area contributed by atoms with Gasteiger partial charge in [0.25, 0.3) is 0 Å². The molecule has 0 bridgehead atoms. The van der Waals surface area contributed by atoms with E-state index in [4.69, 9.17) is 11.6 Å². The fourth-order valence-electron chi connectivity index (χ4n) is 3.49. The number of carbonyl (C=O) groups excluding carboxylic acids is 1. The number of hydrogen-bond donors (Lipinski definition) is 1. The fraction of sp³-hybridized carbons (Fsp3) is 0.588. The summed E-state index contributed by atoms with van der Waals surface area (Å²) in [6, 6.07) is 7.96. The van der Waals surface area contributed by atoms with Crippen molar-refractivity contribution in [3.63, 3.8) is 0 Å². The maximum atomic E-state index is 13.1. The van der Waals surface area contributed by atoms with E-state index in [0.29, 0.717) is 11.1 Å². The molecular formula is C17H24ClN3O. The van der Waals surface area contributed by atoms with Crippen LogP contribution in [0.25, 0.3) is 0 Å². The molecule has 0 aliphatic carbocycles. The van der Waals surface area contributed by atoms with Crippen LogP contribution in [0.1, 0.15) is 31.4 Å². The Morgan fingerprint density at radius 1 is 1.32 bits per heavy atom. The molecule has 0 aromatic heterocycles. The molecule has 1 aromatic carbocycles. The SMILES string of the molecule is CC1CN(C(C(=O)N2CCCC2)c2cccc(Cl)c2)CCN1. The van der Waals surface area contributed by atoms with Crippen molar-refractivity contribution in [2.75, 3.05) is 32.7 Å². The van der Waals surface area contributed by atoms with Gasteiger partial charge < -0.3 is 10.2 Å². The molecular weight excluding hydrogens is 298 g/mol. The molecule has 120 valence electrons. The van der Waals surface area contributed by atoms with Gasteiger partial charge in [0, 0.05) is 43.8 Å². The summed E-state index contributed by atoms with van der Waals surface area (Å²) in [4.78, 5) is 17.4. The normalized spacial score (nSPS) is 24.5. The topological polar surface area (TPSA) is 35.6 Å². The molecule has 2 heterocycles. The van der Waals surface area contributed by atoms with Gasteiger partial charge in [0.05, 0.1) is 0 Å². The Bertz CT molecular complexity index is 530. The fourth-order valence-corrected chi connectivity index (χ4v) is 3.69. The van der Waals surface area contributed by atoms with Crippen molar-refractivity contribution >= 4 is 17.5 Å². The highest BCUT2D eigenvalue weighted by Crippen LogP contribution is 2.28. The first-order chi connectivity index (χ1) is 10.6. The van der Waals surface area contributed by atoms with Crippen LogP contribution in [0.2, 0.25) is 5.02 Å². The average molecular weight is 322 g/mol. The summed E-state index contributed by atoms with van der Waals surface area (Å²) in [7, 11) is 0. The molecule has 2 aliphatic rings. The molecule has 2 unspecified atom stereocenters. The van der Waals surface area contributed by atoms with E-state index < -0.39 is 0 Å². The molecule has 2 atom stereocenters. The summed E-state index contributed by atoms with van der Waals surface area (Å²) in [5.41, 5.74) is 1.01. The molecule has 3 rings (SSSR count). The van der Waals surface area contributed by atoms with Crippen molar-refractivity contribution in [1.82, 2.24) is 15.1 Å². The molecule has 2 aliphatic heterocycles. The largest absolute Gasteiger partial charge is 0.341 e. The standard InChI is InChI=1S/C17H24ClN3O/c1-13-12-21(10-7-19-13)16(14-5-4-6-15(18)11-14)17(22)20-8-2-3-9-20/h4-6,11,13,16,19H,2-3,7-10,12H2,1H3. The van der Waals surface area contributed by atoms with E-state index in [2.05, 4.69) is 17.1 Å². The van der Waals surface area contributed by atoms with Crippen molar-refractivity contribution in [3.05, 3.63) is 34.9 Å². The van der Waals surface area contributed by atoms with Crippen molar-refractivity contribution in [2.45, 2.75) is 31.8 Å². The summed E-state index contributed by atoms with van der Waals surface area (Å²) in [6.45, 7) is 6.64. The first kappa shape index (κ1) is 15.8. The molecule has 2 saturated heterocycles. The Kier molecular flexibility index (Phi) is 5.01. The summed E-state index contributed by atoms with van der Waals surface area (Å²) in [5, 5.41) is 4.14. The predicted molar refractivity (Wildman–Crippen MR) is 89.0 cm³/mol. The summed E-state index contributed by atoms with van der Waals surface area (Å²) < 4.78 is 0. The van der Waals surface area contributed by atoms with Gasteiger partial charge in [0.1, 0.15) is 6.04 Å². The zero-order valence-corrected chi connectivity index (χ0v) is 13.9. The smallest absolute Gasteiger partial charge is 0.244 e. The van der Waals surface area contributed by atoms with Gasteiger partial charge in [-0.05, 0) is 37.5 Å². The first-order valence-corrected chi connectivity index (χ1v) is 8.54. The second-order valence-electron chi connectivity index (χ2n) is 6.34. The lowest BCUT2D eigenvalue weighted by atomic mass is 10.0. The Morgan fingerprint density at radius 3 is 2.77 bits per heavy atom. The van der Waals surface area contributed by atoms with Crippen LogP contribution in [0, 0.1) is 0 Å². The molecule has 0 spiro atoms. The molecule has 1 amide bonds. The predicted octanol–water partition coefficient (Wildman–Crippen LogP) is 2.30. The van der Waals surface area contributed by atoms with E-state index in [1.54, 1.807) is 0 Å². The summed E-state index contributed by atoms with van der Waals surface area (Å²) in [5.74, 6) is 0.230. The minimum atomic E-state index is -0.207. The number of piperazine rings is 1. The van der Waals surface area contributed by atoms with Crippen LogP contribution in [-0.4, -0.2) is 54.5 Å². The van der Waals surface area contributed by atoms with E-state index in [-0.39, 0.29) is 11.9 Å². The van der Waals surface area contributed by atoms with Gasteiger partial charge in [-0.25, -0.2) is 0 Å². The number of hydrogen-bond acceptors (Lipinski definition) is 3. The van der Waals surface area contributed by atoms with Crippen LogP contribution in [0.3, 0.4) is 0 Å². The van der Waals surface area contributed by atoms with E-state index in [1.165, 1.54) is 0 Å². The van der Waals surface area contributed by atoms with E-state index in [9.17, 15) is 4.79 Å². The molecule has 1 aromatic rings. The van der Waals surface area contributed by atoms with Crippen molar-refractivity contribution in [1.29, 1.82) is 0 Å². The minimum Gasteiger partial charge on any atom is -0.341 e. The highest BCUT2D eigenvalue weighted by atomic mass is 35.5. The highest BCUT2D eigenvalue weighted by molar-refractivity contribution is 6.30. The van der Waals surface area contributed by atoms with Gasteiger partial charge in [0.2, 0.25) is 5.91 Å². The number of nitrogens with one attached hydrogen (secondary N) is 1. The van der Waals surface area contributed by atoms with Crippen molar-refractivity contribution < 1.29 is 4.79 Å². The summed E-state index contributed by atoms with van der Waals surface area (Å²) in [6.07, 6.45) is 2.23. The molecule has 22 heavy (non-hydrogen) atoms. The van der Waals surface area contributed by atoms with Crippen LogP contribution in [0.4, 0.5) is 0 Å². The lowest BCUT2D eigenvalue weighted by Crippen LogP contribution is -2.53. The third kappa shape index (κ3) is 3.45. The Hall–Kier alpha value is -1.10. The zero-order valence-electron chi connectivity index (χ0n) is 13.1. The van der Waals surface area contributed by atoms with E-state index in [0.717, 1.165) is 51.1 Å². The lowest BCUT2D eigenvalue weighted by molar-refractivity contribution is -0.136. The Morgan fingerprint density at radius 2 is 2.09 bits per heavy atom. The number of rotatable bonds is 3. The number of likely N-dealkylation sites (tertiary alicyclic amines) is 1. The zero-order chi connectivity index (χ0) is 15.5. The minimum absolute atomic E-state index is 0.207. The number of nitrogens with zero attached hydrogens (tertiary/aromatic N) is 2. The third-order valence-corrected chi connectivity index (χ3v) is 4.82. The van der Waals surface area contributed by atoms with Gasteiger partial charge in [0.15, 0.2) is 0 Å². The first-order valence-electron chi connectivity index (χ1n) is 8.17. The molecule has 0 saturated carbocycles. The Labute approximate surface area is 137 Å². The van der Waals surface area contributed by atoms with Crippen LogP contribution in [-0.2, 0) is 4.79 Å². The van der Waals surface area contributed by atoms with Crippen LogP contribution in [0.15, 0.2) is 24.3 Å². The number of halogens is 1. The van der Waals surface area contributed by atoms with E-state index >= 15 is 0 Å². The van der Waals surface area contributed by atoms with Crippen molar-refractivity contribution in [2.24, 2.45) is 0 Å². The quantitative estimate of drug-likeness (QED) is 0.928.